The van der Waals surface area contributed by atoms with Crippen molar-refractivity contribution in [1.29, 1.82) is 0 Å². The van der Waals surface area contributed by atoms with Crippen molar-refractivity contribution in [3.8, 4) is 0 Å². The first kappa shape index (κ1) is 15.9. The summed E-state index contributed by atoms with van der Waals surface area (Å²) in [5.74, 6) is 0.622. The number of carbonyl (C=O) groups is 1. The molecule has 2 atom stereocenters. The van der Waals surface area contributed by atoms with Crippen LogP contribution in [-0.4, -0.2) is 30.3 Å². The van der Waals surface area contributed by atoms with Crippen LogP contribution in [-0.2, 0) is 4.79 Å². The Morgan fingerprint density at radius 3 is 3.05 bits per heavy atom. The highest BCUT2D eigenvalue weighted by Crippen LogP contribution is 2.25. The van der Waals surface area contributed by atoms with Crippen LogP contribution >= 0.6 is 27.7 Å². The van der Waals surface area contributed by atoms with Gasteiger partial charge < -0.3 is 10.6 Å². The number of rotatable bonds is 4. The van der Waals surface area contributed by atoms with Gasteiger partial charge in [0.15, 0.2) is 0 Å². The van der Waals surface area contributed by atoms with Gasteiger partial charge in [0.2, 0.25) is 5.91 Å². The van der Waals surface area contributed by atoms with Gasteiger partial charge in [0, 0.05) is 21.5 Å². The molecule has 1 heterocycles. The molecule has 5 heteroatoms. The highest BCUT2D eigenvalue weighted by Gasteiger charge is 2.19. The highest BCUT2D eigenvalue weighted by atomic mass is 79.9. The fourth-order valence-electron chi connectivity index (χ4n) is 2.45. The van der Waals surface area contributed by atoms with E-state index in [9.17, 15) is 4.79 Å². The van der Waals surface area contributed by atoms with E-state index in [1.54, 1.807) is 11.8 Å². The Morgan fingerprint density at radius 1 is 1.55 bits per heavy atom. The fraction of sp³-hybridized carbons (Fsp3) is 0.533. The lowest BCUT2D eigenvalue weighted by molar-refractivity contribution is -0.119. The number of nitrogens with one attached hydrogen (secondary N) is 2. The van der Waals surface area contributed by atoms with Crippen molar-refractivity contribution in [2.24, 2.45) is 0 Å². The number of piperidine rings is 1. The van der Waals surface area contributed by atoms with E-state index in [4.69, 9.17) is 0 Å². The van der Waals surface area contributed by atoms with Crippen LogP contribution in [0.15, 0.2) is 27.6 Å². The Balaban J connectivity index is 1.80. The second-order valence-corrected chi connectivity index (χ2v) is 7.28. The molecule has 3 nitrogen and oxygen atoms in total. The lowest BCUT2D eigenvalue weighted by Crippen LogP contribution is -2.47. The standard InChI is InChI=1S/C15H21BrN2OS/c1-10-7-12(16)3-4-14(10)20-9-15(19)18-13-5-6-17-11(2)8-13/h3-4,7,11,13,17H,5-6,8-9H2,1-2H3,(H,18,19). The molecule has 110 valence electrons. The average Bonchev–Trinajstić information content (AvgIpc) is 2.37. The van der Waals surface area contributed by atoms with Crippen molar-refractivity contribution in [3.63, 3.8) is 0 Å². The van der Waals surface area contributed by atoms with E-state index in [0.717, 1.165) is 23.9 Å². The summed E-state index contributed by atoms with van der Waals surface area (Å²) in [6.07, 6.45) is 2.05. The number of hydrogen-bond donors (Lipinski definition) is 2. The third-order valence-corrected chi connectivity index (χ3v) is 5.15. The molecule has 1 saturated heterocycles. The van der Waals surface area contributed by atoms with Crippen molar-refractivity contribution in [2.75, 3.05) is 12.3 Å². The van der Waals surface area contributed by atoms with Crippen LogP contribution in [0.1, 0.15) is 25.3 Å². The molecule has 2 N–H and O–H groups in total. The molecule has 20 heavy (non-hydrogen) atoms. The predicted molar refractivity (Wildman–Crippen MR) is 88.2 cm³/mol. The summed E-state index contributed by atoms with van der Waals surface area (Å²) in [5, 5.41) is 6.54. The Kier molecular flexibility index (Phi) is 5.93. The van der Waals surface area contributed by atoms with Gasteiger partial charge in [-0.3, -0.25) is 4.79 Å². The quantitative estimate of drug-likeness (QED) is 0.814. The van der Waals surface area contributed by atoms with E-state index in [2.05, 4.69) is 52.5 Å². The van der Waals surface area contributed by atoms with E-state index in [0.29, 0.717) is 17.8 Å². The van der Waals surface area contributed by atoms with E-state index < -0.39 is 0 Å². The van der Waals surface area contributed by atoms with Crippen LogP contribution in [0.5, 0.6) is 0 Å². The summed E-state index contributed by atoms with van der Waals surface area (Å²) >= 11 is 5.06. The van der Waals surface area contributed by atoms with Crippen molar-refractivity contribution in [1.82, 2.24) is 10.6 Å². The minimum absolute atomic E-state index is 0.136. The molecule has 0 saturated carbocycles. The summed E-state index contributed by atoms with van der Waals surface area (Å²) in [6.45, 7) is 5.23. The largest absolute Gasteiger partial charge is 0.353 e. The third-order valence-electron chi connectivity index (χ3n) is 3.48. The second-order valence-electron chi connectivity index (χ2n) is 5.34. The Labute approximate surface area is 133 Å². The molecule has 1 amide bonds. The molecule has 0 aliphatic carbocycles. The first-order valence-electron chi connectivity index (χ1n) is 6.96. The Morgan fingerprint density at radius 2 is 2.35 bits per heavy atom. The van der Waals surface area contributed by atoms with E-state index >= 15 is 0 Å². The third kappa shape index (κ3) is 4.79. The lowest BCUT2D eigenvalue weighted by atomic mass is 10.0. The minimum atomic E-state index is 0.136. The summed E-state index contributed by atoms with van der Waals surface area (Å²) in [7, 11) is 0. The van der Waals surface area contributed by atoms with Gasteiger partial charge in [-0.2, -0.15) is 0 Å². The normalized spacial score (nSPS) is 22.6. The average molecular weight is 357 g/mol. The zero-order chi connectivity index (χ0) is 14.5. The molecule has 2 unspecified atom stereocenters. The molecule has 0 spiro atoms. The summed E-state index contributed by atoms with van der Waals surface area (Å²) in [5.41, 5.74) is 1.20. The molecular formula is C15H21BrN2OS. The topological polar surface area (TPSA) is 41.1 Å². The van der Waals surface area contributed by atoms with E-state index in [-0.39, 0.29) is 5.91 Å². The maximum absolute atomic E-state index is 12.0. The van der Waals surface area contributed by atoms with Crippen molar-refractivity contribution in [2.45, 2.75) is 43.7 Å². The molecule has 1 aliphatic rings. The molecule has 1 aromatic rings. The van der Waals surface area contributed by atoms with Gasteiger partial charge in [0.25, 0.3) is 0 Å². The number of amides is 1. The molecular weight excluding hydrogens is 336 g/mol. The van der Waals surface area contributed by atoms with Crippen molar-refractivity contribution in [3.05, 3.63) is 28.2 Å². The monoisotopic (exact) mass is 356 g/mol. The summed E-state index contributed by atoms with van der Waals surface area (Å²) in [4.78, 5) is 13.2. The zero-order valence-corrected chi connectivity index (χ0v) is 14.3. The minimum Gasteiger partial charge on any atom is -0.353 e. The maximum atomic E-state index is 12.0. The maximum Gasteiger partial charge on any atom is 0.230 e. The molecule has 1 aromatic carbocycles. The van der Waals surface area contributed by atoms with Gasteiger partial charge in [-0.05, 0) is 57.0 Å². The van der Waals surface area contributed by atoms with Crippen LogP contribution in [0.25, 0.3) is 0 Å². The molecule has 1 fully saturated rings. The molecule has 2 rings (SSSR count). The van der Waals surface area contributed by atoms with Gasteiger partial charge >= 0.3 is 0 Å². The summed E-state index contributed by atoms with van der Waals surface area (Å²) < 4.78 is 1.08. The van der Waals surface area contributed by atoms with Crippen LogP contribution in [0, 0.1) is 6.92 Å². The molecule has 0 bridgehead atoms. The molecule has 0 aromatic heterocycles. The van der Waals surface area contributed by atoms with Gasteiger partial charge in [0.05, 0.1) is 5.75 Å². The first-order chi connectivity index (χ1) is 9.54. The van der Waals surface area contributed by atoms with Crippen molar-refractivity contribution < 1.29 is 4.79 Å². The van der Waals surface area contributed by atoms with Crippen molar-refractivity contribution >= 4 is 33.6 Å². The van der Waals surface area contributed by atoms with Crippen LogP contribution in [0.4, 0.5) is 0 Å². The fourth-order valence-corrected chi connectivity index (χ4v) is 3.75. The zero-order valence-electron chi connectivity index (χ0n) is 11.9. The lowest BCUT2D eigenvalue weighted by Gasteiger charge is -2.28. The number of benzene rings is 1. The summed E-state index contributed by atoms with van der Waals surface area (Å²) in [6, 6.07) is 6.97. The van der Waals surface area contributed by atoms with Crippen LogP contribution in [0.2, 0.25) is 0 Å². The van der Waals surface area contributed by atoms with E-state index in [1.807, 2.05) is 6.07 Å². The number of hydrogen-bond acceptors (Lipinski definition) is 3. The number of aryl methyl sites for hydroxylation is 1. The van der Waals surface area contributed by atoms with Gasteiger partial charge in [-0.15, -0.1) is 11.8 Å². The smallest absolute Gasteiger partial charge is 0.230 e. The van der Waals surface area contributed by atoms with Crippen LogP contribution < -0.4 is 10.6 Å². The predicted octanol–water partition coefficient (Wildman–Crippen LogP) is 3.11. The number of thioether (sulfide) groups is 1. The first-order valence-corrected chi connectivity index (χ1v) is 8.74. The number of halogens is 1. The Bertz CT molecular complexity index is 481. The van der Waals surface area contributed by atoms with Gasteiger partial charge in [-0.1, -0.05) is 15.9 Å². The van der Waals surface area contributed by atoms with Gasteiger partial charge in [0.1, 0.15) is 0 Å². The SMILES string of the molecule is Cc1cc(Br)ccc1SCC(=O)NC1CCNC(C)C1. The van der Waals surface area contributed by atoms with Gasteiger partial charge in [-0.25, -0.2) is 0 Å². The second kappa shape index (κ2) is 7.48. The van der Waals surface area contributed by atoms with E-state index in [1.165, 1.54) is 10.5 Å². The molecule has 1 aliphatic heterocycles. The number of carbonyl (C=O) groups excluding carboxylic acids is 1. The van der Waals surface area contributed by atoms with Crippen LogP contribution in [0.3, 0.4) is 0 Å². The molecule has 0 radical (unpaired) electrons. The highest BCUT2D eigenvalue weighted by molar-refractivity contribution is 9.10. The Hall–Kier alpha value is -0.520.